The third-order valence-electron chi connectivity index (χ3n) is 4.98. The maximum Gasteiger partial charge on any atom is 0.0125 e. The van der Waals surface area contributed by atoms with Gasteiger partial charge in [0.1, 0.15) is 0 Å². The second kappa shape index (κ2) is 6.55. The van der Waals surface area contributed by atoms with Crippen molar-refractivity contribution in [1.29, 1.82) is 0 Å². The Bertz CT molecular complexity index is 256. The quantitative estimate of drug-likeness (QED) is 0.845. The highest BCUT2D eigenvalue weighted by molar-refractivity contribution is 4.85. The smallest absolute Gasteiger partial charge is 0.0125 e. The Balaban J connectivity index is 1.63. The van der Waals surface area contributed by atoms with Crippen LogP contribution in [0.1, 0.15) is 46.5 Å². The fraction of sp³-hybridized carbons (Fsp3) is 1.00. The van der Waals surface area contributed by atoms with Gasteiger partial charge in [-0.3, -0.25) is 4.90 Å². The van der Waals surface area contributed by atoms with Crippen LogP contribution in [-0.2, 0) is 0 Å². The van der Waals surface area contributed by atoms with Crippen molar-refractivity contribution < 1.29 is 0 Å². The summed E-state index contributed by atoms with van der Waals surface area (Å²) in [6, 6.07) is 0.762. The second-order valence-electron chi connectivity index (χ2n) is 7.59. The van der Waals surface area contributed by atoms with Crippen LogP contribution >= 0.6 is 0 Å². The van der Waals surface area contributed by atoms with Gasteiger partial charge in [-0.2, -0.15) is 0 Å². The topological polar surface area (TPSA) is 18.5 Å². The van der Waals surface area contributed by atoms with Gasteiger partial charge in [0.25, 0.3) is 0 Å². The Hall–Kier alpha value is -0.120. The molecule has 2 fully saturated rings. The summed E-state index contributed by atoms with van der Waals surface area (Å²) in [6.45, 7) is 13.3. The molecule has 19 heavy (non-hydrogen) atoms. The molecule has 0 aromatic carbocycles. The van der Waals surface area contributed by atoms with Gasteiger partial charge in [0, 0.05) is 24.7 Å². The lowest BCUT2D eigenvalue weighted by Crippen LogP contribution is -2.50. The zero-order valence-corrected chi connectivity index (χ0v) is 13.4. The van der Waals surface area contributed by atoms with E-state index in [4.69, 9.17) is 0 Å². The molecule has 0 aromatic heterocycles. The molecule has 2 rings (SSSR count). The summed E-state index contributed by atoms with van der Waals surface area (Å²) in [7, 11) is 2.24. The predicted octanol–water partition coefficient (Wildman–Crippen LogP) is 2.18. The monoisotopic (exact) mass is 267 g/mol. The average molecular weight is 267 g/mol. The van der Waals surface area contributed by atoms with Crippen molar-refractivity contribution in [2.75, 3.05) is 39.8 Å². The van der Waals surface area contributed by atoms with Crippen LogP contribution in [0, 0.1) is 5.92 Å². The Labute approximate surface area is 119 Å². The van der Waals surface area contributed by atoms with E-state index in [1.54, 1.807) is 0 Å². The van der Waals surface area contributed by atoms with E-state index >= 15 is 0 Å². The van der Waals surface area contributed by atoms with E-state index in [0.29, 0.717) is 5.54 Å². The van der Waals surface area contributed by atoms with E-state index in [-0.39, 0.29) is 0 Å². The fourth-order valence-electron chi connectivity index (χ4n) is 3.35. The molecule has 2 aliphatic heterocycles. The summed E-state index contributed by atoms with van der Waals surface area (Å²) in [4.78, 5) is 5.08. The van der Waals surface area contributed by atoms with Crippen LogP contribution in [-0.4, -0.2) is 61.2 Å². The summed E-state index contributed by atoms with van der Waals surface area (Å²) in [5, 5.41) is 3.83. The second-order valence-corrected chi connectivity index (χ2v) is 7.59. The molecule has 0 amide bonds. The average Bonchev–Trinajstić information content (AvgIpc) is 2.37. The lowest BCUT2D eigenvalue weighted by atomic mass is 9.95. The van der Waals surface area contributed by atoms with Crippen LogP contribution in [0.15, 0.2) is 0 Å². The van der Waals surface area contributed by atoms with E-state index < -0.39 is 0 Å². The van der Waals surface area contributed by atoms with Gasteiger partial charge in [0.05, 0.1) is 0 Å². The van der Waals surface area contributed by atoms with Crippen LogP contribution < -0.4 is 5.32 Å². The van der Waals surface area contributed by atoms with Crippen molar-refractivity contribution in [1.82, 2.24) is 15.1 Å². The molecule has 0 unspecified atom stereocenters. The maximum atomic E-state index is 3.83. The van der Waals surface area contributed by atoms with Crippen LogP contribution in [0.2, 0.25) is 0 Å². The Morgan fingerprint density at radius 2 is 1.53 bits per heavy atom. The van der Waals surface area contributed by atoms with Gasteiger partial charge in [-0.05, 0) is 79.1 Å². The van der Waals surface area contributed by atoms with E-state index in [1.807, 2.05) is 0 Å². The van der Waals surface area contributed by atoms with Crippen LogP contribution in [0.4, 0.5) is 0 Å². The summed E-state index contributed by atoms with van der Waals surface area (Å²) < 4.78 is 0. The molecule has 2 aliphatic rings. The number of rotatable bonds is 3. The molecule has 0 bridgehead atoms. The van der Waals surface area contributed by atoms with E-state index in [1.165, 1.54) is 58.4 Å². The van der Waals surface area contributed by atoms with E-state index in [2.05, 4.69) is 42.9 Å². The highest BCUT2D eigenvalue weighted by Gasteiger charge is 2.27. The molecular formula is C16H33N3. The molecule has 3 nitrogen and oxygen atoms in total. The van der Waals surface area contributed by atoms with E-state index in [0.717, 1.165) is 12.0 Å². The highest BCUT2D eigenvalue weighted by atomic mass is 15.2. The van der Waals surface area contributed by atoms with Crippen molar-refractivity contribution >= 4 is 0 Å². The maximum absolute atomic E-state index is 3.83. The van der Waals surface area contributed by atoms with Crippen LogP contribution in [0.5, 0.6) is 0 Å². The van der Waals surface area contributed by atoms with Gasteiger partial charge >= 0.3 is 0 Å². The molecule has 0 spiro atoms. The number of piperidine rings is 2. The summed E-state index contributed by atoms with van der Waals surface area (Å²) in [5.74, 6) is 0.914. The first-order valence-electron chi connectivity index (χ1n) is 8.12. The molecular weight excluding hydrogens is 234 g/mol. The number of hydrogen-bond donors (Lipinski definition) is 1. The van der Waals surface area contributed by atoms with Gasteiger partial charge < -0.3 is 10.2 Å². The third-order valence-corrected chi connectivity index (χ3v) is 4.98. The minimum Gasteiger partial charge on any atom is -0.314 e. The molecule has 2 saturated heterocycles. The van der Waals surface area contributed by atoms with Crippen LogP contribution in [0.3, 0.4) is 0 Å². The Morgan fingerprint density at radius 1 is 0.947 bits per heavy atom. The van der Waals surface area contributed by atoms with Crippen molar-refractivity contribution in [2.24, 2.45) is 5.92 Å². The largest absolute Gasteiger partial charge is 0.314 e. The Morgan fingerprint density at radius 3 is 2.05 bits per heavy atom. The van der Waals surface area contributed by atoms with Crippen molar-refractivity contribution in [3.63, 3.8) is 0 Å². The number of hydrogen-bond acceptors (Lipinski definition) is 3. The first-order chi connectivity index (χ1) is 8.95. The first-order valence-corrected chi connectivity index (χ1v) is 8.12. The first kappa shape index (κ1) is 15.3. The highest BCUT2D eigenvalue weighted by Crippen LogP contribution is 2.21. The molecule has 0 atom stereocenters. The summed E-state index contributed by atoms with van der Waals surface area (Å²) in [6.07, 6.45) is 5.41. The van der Waals surface area contributed by atoms with Gasteiger partial charge in [-0.25, -0.2) is 0 Å². The molecule has 0 aromatic rings. The number of nitrogens with zero attached hydrogens (tertiary/aromatic N) is 2. The van der Waals surface area contributed by atoms with Gasteiger partial charge in [-0.15, -0.1) is 0 Å². The lowest BCUT2D eigenvalue weighted by Gasteiger charge is -2.41. The normalized spacial score (nSPS) is 25.9. The minimum atomic E-state index is 0.346. The molecule has 0 saturated carbocycles. The SMILES string of the molecule is CN1CCC(CNC2CCN(C(C)(C)C)CC2)CC1. The van der Waals surface area contributed by atoms with Gasteiger partial charge in [0.2, 0.25) is 0 Å². The fourth-order valence-corrected chi connectivity index (χ4v) is 3.35. The minimum absolute atomic E-state index is 0.346. The molecule has 1 N–H and O–H groups in total. The predicted molar refractivity (Wildman–Crippen MR) is 82.6 cm³/mol. The van der Waals surface area contributed by atoms with Crippen molar-refractivity contribution in [3.05, 3.63) is 0 Å². The standard InChI is InChI=1S/C16H33N3/c1-16(2,3)19-11-7-15(8-12-19)17-13-14-5-9-18(4)10-6-14/h14-15,17H,5-13H2,1-4H3. The van der Waals surface area contributed by atoms with E-state index in [9.17, 15) is 0 Å². The number of nitrogens with one attached hydrogen (secondary N) is 1. The molecule has 112 valence electrons. The molecule has 0 radical (unpaired) electrons. The van der Waals surface area contributed by atoms with Gasteiger partial charge in [0.15, 0.2) is 0 Å². The Kier molecular flexibility index (Phi) is 5.27. The lowest BCUT2D eigenvalue weighted by molar-refractivity contribution is 0.0941. The van der Waals surface area contributed by atoms with Gasteiger partial charge in [-0.1, -0.05) is 0 Å². The molecule has 2 heterocycles. The number of likely N-dealkylation sites (tertiary alicyclic amines) is 2. The van der Waals surface area contributed by atoms with Crippen molar-refractivity contribution in [3.8, 4) is 0 Å². The van der Waals surface area contributed by atoms with Crippen molar-refractivity contribution in [2.45, 2.75) is 58.0 Å². The zero-order valence-electron chi connectivity index (χ0n) is 13.4. The van der Waals surface area contributed by atoms with Crippen LogP contribution in [0.25, 0.3) is 0 Å². The zero-order chi connectivity index (χ0) is 13.9. The summed E-state index contributed by atoms with van der Waals surface area (Å²) >= 11 is 0. The summed E-state index contributed by atoms with van der Waals surface area (Å²) in [5.41, 5.74) is 0.346. The molecule has 0 aliphatic carbocycles. The third kappa shape index (κ3) is 4.73. The molecule has 3 heteroatoms.